The first-order valence-electron chi connectivity index (χ1n) is 9.22. The van der Waals surface area contributed by atoms with Crippen LogP contribution in [0.1, 0.15) is 25.5 Å². The van der Waals surface area contributed by atoms with E-state index in [0.29, 0.717) is 18.0 Å². The van der Waals surface area contributed by atoms with Crippen LogP contribution in [0.2, 0.25) is 0 Å². The van der Waals surface area contributed by atoms with E-state index < -0.39 is 0 Å². The molecule has 6 heteroatoms. The van der Waals surface area contributed by atoms with E-state index in [0.717, 1.165) is 37.4 Å². The molecule has 1 saturated heterocycles. The lowest BCUT2D eigenvalue weighted by atomic mass is 10.0. The third kappa shape index (κ3) is 4.64. The van der Waals surface area contributed by atoms with Gasteiger partial charge in [0.2, 0.25) is 0 Å². The van der Waals surface area contributed by atoms with Crippen molar-refractivity contribution >= 4 is 11.7 Å². The molecule has 6 nitrogen and oxygen atoms in total. The number of para-hydroxylation sites is 2. The molecule has 1 aliphatic heterocycles. The van der Waals surface area contributed by atoms with Crippen LogP contribution in [-0.4, -0.2) is 42.1 Å². The fourth-order valence-corrected chi connectivity index (χ4v) is 3.43. The van der Waals surface area contributed by atoms with E-state index in [9.17, 15) is 4.79 Å². The summed E-state index contributed by atoms with van der Waals surface area (Å²) in [6, 6.07) is 11.2. The van der Waals surface area contributed by atoms with Crippen LogP contribution in [0.15, 0.2) is 59.4 Å². The molecule has 1 aromatic carbocycles. The molecule has 144 valence electrons. The van der Waals surface area contributed by atoms with E-state index in [2.05, 4.69) is 16.8 Å². The predicted octanol–water partition coefficient (Wildman–Crippen LogP) is 4.32. The summed E-state index contributed by atoms with van der Waals surface area (Å²) in [5.74, 6) is 1.41. The quantitative estimate of drug-likeness (QED) is 0.824. The van der Waals surface area contributed by atoms with Gasteiger partial charge in [-0.05, 0) is 44.0 Å². The first-order valence-corrected chi connectivity index (χ1v) is 9.22. The summed E-state index contributed by atoms with van der Waals surface area (Å²) in [6.07, 6.45) is 3.43. The number of nitrogens with one attached hydrogen (secondary N) is 1. The number of piperidine rings is 1. The zero-order valence-electron chi connectivity index (χ0n) is 16.0. The Bertz CT molecular complexity index is 765. The third-order valence-electron chi connectivity index (χ3n) is 4.96. The highest BCUT2D eigenvalue weighted by atomic mass is 16.5. The van der Waals surface area contributed by atoms with Crippen molar-refractivity contribution in [3.05, 3.63) is 60.7 Å². The van der Waals surface area contributed by atoms with Gasteiger partial charge in [0.05, 0.1) is 25.6 Å². The number of carbonyl (C=O) groups excluding carboxylic acids is 1. The molecule has 1 fully saturated rings. The number of carbonyl (C=O) groups is 1. The smallest absolute Gasteiger partial charge is 0.322 e. The van der Waals surface area contributed by atoms with Crippen molar-refractivity contribution in [1.82, 2.24) is 9.80 Å². The first kappa shape index (κ1) is 18.9. The molecule has 1 aromatic heterocycles. The fourth-order valence-electron chi connectivity index (χ4n) is 3.43. The Morgan fingerprint density at radius 1 is 1.30 bits per heavy atom. The van der Waals surface area contributed by atoms with Crippen LogP contribution in [0.3, 0.4) is 0 Å². The number of furan rings is 1. The van der Waals surface area contributed by atoms with Crippen LogP contribution >= 0.6 is 0 Å². The Kier molecular flexibility index (Phi) is 6.06. The number of hydrogen-bond donors (Lipinski definition) is 1. The number of ether oxygens (including phenoxy) is 1. The average Bonchev–Trinajstić information content (AvgIpc) is 3.20. The van der Waals surface area contributed by atoms with Crippen molar-refractivity contribution in [2.24, 2.45) is 0 Å². The number of nitrogens with zero attached hydrogens (tertiary/aromatic N) is 2. The molecule has 1 aliphatic rings. The first-order chi connectivity index (χ1) is 13.1. The Balaban J connectivity index is 1.75. The zero-order valence-corrected chi connectivity index (χ0v) is 16.0. The summed E-state index contributed by atoms with van der Waals surface area (Å²) < 4.78 is 10.8. The molecule has 0 saturated carbocycles. The largest absolute Gasteiger partial charge is 0.495 e. The van der Waals surface area contributed by atoms with Crippen molar-refractivity contribution in [3.63, 3.8) is 0 Å². The Labute approximate surface area is 160 Å². The molecular weight excluding hydrogens is 342 g/mol. The molecule has 3 rings (SSSR count). The van der Waals surface area contributed by atoms with E-state index in [4.69, 9.17) is 9.15 Å². The molecule has 2 aromatic rings. The summed E-state index contributed by atoms with van der Waals surface area (Å²) >= 11 is 0. The second-order valence-corrected chi connectivity index (χ2v) is 6.79. The Morgan fingerprint density at radius 2 is 2.04 bits per heavy atom. The third-order valence-corrected chi connectivity index (χ3v) is 4.96. The minimum atomic E-state index is -0.148. The fraction of sp³-hybridized carbons (Fsp3) is 0.381. The normalized spacial score (nSPS) is 14.7. The SMILES string of the molecule is C=C(C)N1CCC(N(Cc2ccco2)C(=O)Nc2ccccc2OC)CC1. The van der Waals surface area contributed by atoms with Gasteiger partial charge in [0, 0.05) is 24.8 Å². The Morgan fingerprint density at radius 3 is 2.67 bits per heavy atom. The van der Waals surface area contributed by atoms with Gasteiger partial charge >= 0.3 is 6.03 Å². The molecule has 0 spiro atoms. The number of anilines is 1. The van der Waals surface area contributed by atoms with Crippen molar-refractivity contribution in [2.45, 2.75) is 32.4 Å². The zero-order chi connectivity index (χ0) is 19.2. The topological polar surface area (TPSA) is 58.0 Å². The van der Waals surface area contributed by atoms with Crippen LogP contribution in [0.4, 0.5) is 10.5 Å². The molecule has 2 heterocycles. The van der Waals surface area contributed by atoms with Gasteiger partial charge in [0.1, 0.15) is 11.5 Å². The van der Waals surface area contributed by atoms with Crippen LogP contribution in [0.25, 0.3) is 0 Å². The number of urea groups is 1. The maximum atomic E-state index is 13.1. The van der Waals surface area contributed by atoms with E-state index in [1.165, 1.54) is 0 Å². The monoisotopic (exact) mass is 369 g/mol. The van der Waals surface area contributed by atoms with E-state index >= 15 is 0 Å². The minimum absolute atomic E-state index is 0.139. The highest BCUT2D eigenvalue weighted by Gasteiger charge is 2.29. The van der Waals surface area contributed by atoms with Gasteiger partial charge in [0.25, 0.3) is 0 Å². The van der Waals surface area contributed by atoms with Crippen molar-refractivity contribution in [2.75, 3.05) is 25.5 Å². The number of benzene rings is 1. The van der Waals surface area contributed by atoms with Crippen molar-refractivity contribution in [1.29, 1.82) is 0 Å². The van der Waals surface area contributed by atoms with Crippen LogP contribution in [-0.2, 0) is 6.54 Å². The van der Waals surface area contributed by atoms with E-state index in [1.807, 2.05) is 48.2 Å². The second kappa shape index (κ2) is 8.66. The molecule has 0 radical (unpaired) electrons. The lowest BCUT2D eigenvalue weighted by molar-refractivity contribution is 0.133. The van der Waals surface area contributed by atoms with Gasteiger partial charge in [-0.15, -0.1) is 0 Å². The number of hydrogen-bond acceptors (Lipinski definition) is 4. The van der Waals surface area contributed by atoms with Gasteiger partial charge < -0.3 is 24.3 Å². The Hall–Kier alpha value is -2.89. The molecule has 27 heavy (non-hydrogen) atoms. The highest BCUT2D eigenvalue weighted by Crippen LogP contribution is 2.26. The molecule has 2 amide bonds. The lowest BCUT2D eigenvalue weighted by Crippen LogP contribution is -2.48. The number of rotatable bonds is 6. The number of amides is 2. The maximum absolute atomic E-state index is 13.1. The van der Waals surface area contributed by atoms with Crippen molar-refractivity contribution < 1.29 is 13.9 Å². The minimum Gasteiger partial charge on any atom is -0.495 e. The van der Waals surface area contributed by atoms with Crippen LogP contribution < -0.4 is 10.1 Å². The lowest BCUT2D eigenvalue weighted by Gasteiger charge is -2.39. The van der Waals surface area contributed by atoms with Gasteiger partial charge in [-0.2, -0.15) is 0 Å². The number of allylic oxidation sites excluding steroid dienone is 1. The molecule has 1 N–H and O–H groups in total. The van der Waals surface area contributed by atoms with Crippen molar-refractivity contribution in [3.8, 4) is 5.75 Å². The molecule has 0 unspecified atom stereocenters. The summed E-state index contributed by atoms with van der Waals surface area (Å²) in [5.41, 5.74) is 1.73. The average molecular weight is 369 g/mol. The predicted molar refractivity (Wildman–Crippen MR) is 106 cm³/mol. The summed E-state index contributed by atoms with van der Waals surface area (Å²) in [4.78, 5) is 17.2. The standard InChI is InChI=1S/C21H27N3O3/c1-16(2)23-12-10-17(11-13-23)24(15-18-7-6-14-27-18)21(25)22-19-8-4-5-9-20(19)26-3/h4-9,14,17H,1,10-13,15H2,2-3H3,(H,22,25). The summed E-state index contributed by atoms with van der Waals surface area (Å²) in [6.45, 7) is 8.28. The number of likely N-dealkylation sites (tertiary alicyclic amines) is 1. The highest BCUT2D eigenvalue weighted by molar-refractivity contribution is 5.91. The number of methoxy groups -OCH3 is 1. The van der Waals surface area contributed by atoms with E-state index in [-0.39, 0.29) is 12.1 Å². The summed E-state index contributed by atoms with van der Waals surface area (Å²) in [7, 11) is 1.60. The molecular formula is C21H27N3O3. The van der Waals surface area contributed by atoms with Crippen LogP contribution in [0.5, 0.6) is 5.75 Å². The van der Waals surface area contributed by atoms with E-state index in [1.54, 1.807) is 13.4 Å². The second-order valence-electron chi connectivity index (χ2n) is 6.79. The van der Waals surface area contributed by atoms with Gasteiger partial charge in [0.15, 0.2) is 0 Å². The van der Waals surface area contributed by atoms with Crippen LogP contribution in [0, 0.1) is 0 Å². The van der Waals surface area contributed by atoms with Gasteiger partial charge in [-0.25, -0.2) is 4.79 Å². The van der Waals surface area contributed by atoms with Gasteiger partial charge in [-0.1, -0.05) is 18.7 Å². The molecule has 0 bridgehead atoms. The molecule has 0 aliphatic carbocycles. The summed E-state index contributed by atoms with van der Waals surface area (Å²) in [5, 5.41) is 2.99. The maximum Gasteiger partial charge on any atom is 0.322 e. The van der Waals surface area contributed by atoms with Gasteiger partial charge in [-0.3, -0.25) is 0 Å². The molecule has 0 atom stereocenters.